The van der Waals surface area contributed by atoms with Gasteiger partial charge in [0.25, 0.3) is 5.91 Å². The molecule has 100 valence electrons. The van der Waals surface area contributed by atoms with Crippen molar-refractivity contribution in [2.24, 2.45) is 0 Å². The minimum absolute atomic E-state index is 0.0856. The van der Waals surface area contributed by atoms with Gasteiger partial charge in [0.1, 0.15) is 11.5 Å². The number of benzene rings is 1. The van der Waals surface area contributed by atoms with Crippen molar-refractivity contribution in [3.63, 3.8) is 0 Å². The van der Waals surface area contributed by atoms with Crippen LogP contribution in [-0.4, -0.2) is 15.9 Å². The highest BCUT2D eigenvalue weighted by atomic mass is 19.1. The molecule has 3 rings (SSSR count). The highest BCUT2D eigenvalue weighted by Gasteiger charge is 2.14. The molecule has 4 N–H and O–H groups in total. The summed E-state index contributed by atoms with van der Waals surface area (Å²) < 4.78 is 13.7. The number of fused-ring (bicyclic) bond motifs is 1. The van der Waals surface area contributed by atoms with Crippen molar-refractivity contribution in [3.8, 4) is 0 Å². The zero-order valence-electron chi connectivity index (χ0n) is 10.4. The van der Waals surface area contributed by atoms with Gasteiger partial charge in [-0.25, -0.2) is 9.37 Å². The number of anilines is 2. The van der Waals surface area contributed by atoms with E-state index >= 15 is 0 Å². The summed E-state index contributed by atoms with van der Waals surface area (Å²) in [6.45, 7) is 0. The minimum atomic E-state index is -0.573. The molecule has 0 aliphatic carbocycles. The van der Waals surface area contributed by atoms with Gasteiger partial charge in [-0.15, -0.1) is 0 Å². The molecule has 1 amide bonds. The number of nitrogen functional groups attached to an aromatic ring is 1. The third-order valence-corrected chi connectivity index (χ3v) is 2.94. The van der Waals surface area contributed by atoms with Crippen LogP contribution in [0.15, 0.2) is 42.7 Å². The van der Waals surface area contributed by atoms with E-state index in [0.29, 0.717) is 22.3 Å². The third-order valence-electron chi connectivity index (χ3n) is 2.94. The highest BCUT2D eigenvalue weighted by Crippen LogP contribution is 2.20. The predicted octanol–water partition coefficient (Wildman–Crippen LogP) is 2.54. The number of aromatic amines is 1. The van der Waals surface area contributed by atoms with E-state index in [0.717, 1.165) is 6.07 Å². The van der Waals surface area contributed by atoms with Gasteiger partial charge in [0, 0.05) is 23.5 Å². The van der Waals surface area contributed by atoms with Crippen LogP contribution in [0.25, 0.3) is 11.0 Å². The van der Waals surface area contributed by atoms with Crippen molar-refractivity contribution in [1.29, 1.82) is 0 Å². The first kappa shape index (κ1) is 12.2. The lowest BCUT2D eigenvalue weighted by molar-refractivity contribution is 0.102. The first-order chi connectivity index (χ1) is 9.65. The largest absolute Gasteiger partial charge is 0.399 e. The Labute approximate surface area is 113 Å². The highest BCUT2D eigenvalue weighted by molar-refractivity contribution is 6.12. The summed E-state index contributed by atoms with van der Waals surface area (Å²) in [5.41, 5.74) is 6.86. The molecule has 3 aromatic rings. The maximum absolute atomic E-state index is 13.7. The molecule has 0 aliphatic rings. The molecule has 20 heavy (non-hydrogen) atoms. The number of aromatic nitrogens is 2. The van der Waals surface area contributed by atoms with Crippen molar-refractivity contribution < 1.29 is 9.18 Å². The second-order valence-electron chi connectivity index (χ2n) is 4.30. The maximum Gasteiger partial charge on any atom is 0.257 e. The lowest BCUT2D eigenvalue weighted by Gasteiger charge is -2.06. The summed E-state index contributed by atoms with van der Waals surface area (Å²) >= 11 is 0. The number of rotatable bonds is 2. The SMILES string of the molecule is Nc1ccc(NC(=O)c2c[nH]c3ncccc23)c(F)c1. The number of carbonyl (C=O) groups is 1. The number of hydrogen-bond donors (Lipinski definition) is 3. The molecule has 5 nitrogen and oxygen atoms in total. The summed E-state index contributed by atoms with van der Waals surface area (Å²) in [4.78, 5) is 19.2. The zero-order valence-corrected chi connectivity index (χ0v) is 10.4. The van der Waals surface area contributed by atoms with Gasteiger partial charge in [0.05, 0.1) is 11.3 Å². The summed E-state index contributed by atoms with van der Waals surface area (Å²) in [6, 6.07) is 7.61. The molecule has 0 atom stereocenters. The molecule has 0 radical (unpaired) electrons. The van der Waals surface area contributed by atoms with E-state index in [1.807, 2.05) is 0 Å². The fourth-order valence-electron chi connectivity index (χ4n) is 1.97. The van der Waals surface area contributed by atoms with Crippen LogP contribution < -0.4 is 11.1 Å². The Morgan fingerprint density at radius 3 is 3.00 bits per heavy atom. The van der Waals surface area contributed by atoms with Gasteiger partial charge in [-0.2, -0.15) is 0 Å². The van der Waals surface area contributed by atoms with E-state index in [1.54, 1.807) is 24.5 Å². The monoisotopic (exact) mass is 270 g/mol. The maximum atomic E-state index is 13.7. The molecule has 2 heterocycles. The molecule has 6 heteroatoms. The predicted molar refractivity (Wildman–Crippen MR) is 74.9 cm³/mol. The van der Waals surface area contributed by atoms with E-state index < -0.39 is 11.7 Å². The number of halogens is 1. The molecular weight excluding hydrogens is 259 g/mol. The Bertz CT molecular complexity index is 797. The number of nitrogens with two attached hydrogens (primary N) is 1. The Hall–Kier alpha value is -2.89. The van der Waals surface area contributed by atoms with Crippen LogP contribution in [0.5, 0.6) is 0 Å². The Balaban J connectivity index is 1.93. The van der Waals surface area contributed by atoms with Gasteiger partial charge in [0.15, 0.2) is 0 Å². The van der Waals surface area contributed by atoms with Crippen molar-refractivity contribution in [1.82, 2.24) is 9.97 Å². The van der Waals surface area contributed by atoms with E-state index in [2.05, 4.69) is 15.3 Å². The number of amides is 1. The van der Waals surface area contributed by atoms with Crippen LogP contribution in [0.2, 0.25) is 0 Å². The van der Waals surface area contributed by atoms with E-state index in [-0.39, 0.29) is 5.69 Å². The van der Waals surface area contributed by atoms with Gasteiger partial charge in [-0.1, -0.05) is 0 Å². The second-order valence-corrected chi connectivity index (χ2v) is 4.30. The van der Waals surface area contributed by atoms with Crippen molar-refractivity contribution in [3.05, 3.63) is 54.1 Å². The molecule has 0 saturated carbocycles. The first-order valence-corrected chi connectivity index (χ1v) is 5.93. The molecule has 2 aromatic heterocycles. The number of nitrogens with one attached hydrogen (secondary N) is 2. The van der Waals surface area contributed by atoms with Crippen LogP contribution in [0.3, 0.4) is 0 Å². The Kier molecular flexibility index (Phi) is 2.83. The number of hydrogen-bond acceptors (Lipinski definition) is 3. The van der Waals surface area contributed by atoms with Crippen LogP contribution >= 0.6 is 0 Å². The summed E-state index contributed by atoms with van der Waals surface area (Å²) in [7, 11) is 0. The molecule has 0 unspecified atom stereocenters. The molecule has 0 bridgehead atoms. The van der Waals surface area contributed by atoms with Crippen LogP contribution in [0.4, 0.5) is 15.8 Å². The molecule has 0 aliphatic heterocycles. The second kappa shape index (κ2) is 4.65. The number of carbonyl (C=O) groups excluding carboxylic acids is 1. The molecular formula is C14H11FN4O. The van der Waals surface area contributed by atoms with Gasteiger partial charge in [0.2, 0.25) is 0 Å². The van der Waals surface area contributed by atoms with Crippen molar-refractivity contribution in [2.45, 2.75) is 0 Å². The Morgan fingerprint density at radius 1 is 1.35 bits per heavy atom. The zero-order chi connectivity index (χ0) is 14.1. The van der Waals surface area contributed by atoms with Gasteiger partial charge in [-0.05, 0) is 30.3 Å². The van der Waals surface area contributed by atoms with Crippen LogP contribution in [-0.2, 0) is 0 Å². The summed E-state index contributed by atoms with van der Waals surface area (Å²) in [5.74, 6) is -0.982. The summed E-state index contributed by atoms with van der Waals surface area (Å²) in [5, 5.41) is 3.20. The van der Waals surface area contributed by atoms with Crippen molar-refractivity contribution in [2.75, 3.05) is 11.1 Å². The molecule has 1 aromatic carbocycles. The minimum Gasteiger partial charge on any atom is -0.399 e. The van der Waals surface area contributed by atoms with E-state index in [4.69, 9.17) is 5.73 Å². The lowest BCUT2D eigenvalue weighted by atomic mass is 10.2. The van der Waals surface area contributed by atoms with Gasteiger partial charge < -0.3 is 16.0 Å². The normalized spacial score (nSPS) is 10.7. The van der Waals surface area contributed by atoms with Crippen LogP contribution in [0.1, 0.15) is 10.4 Å². The van der Waals surface area contributed by atoms with Crippen LogP contribution in [0, 0.1) is 5.82 Å². The number of nitrogens with zero attached hydrogens (tertiary/aromatic N) is 1. The first-order valence-electron chi connectivity index (χ1n) is 5.93. The average molecular weight is 270 g/mol. The Morgan fingerprint density at radius 2 is 2.20 bits per heavy atom. The molecule has 0 fully saturated rings. The smallest absolute Gasteiger partial charge is 0.257 e. The number of pyridine rings is 1. The standard InChI is InChI=1S/C14H11FN4O/c15-11-6-8(16)3-4-12(11)19-14(20)10-7-18-13-9(10)2-1-5-17-13/h1-7H,16H2,(H,17,18)(H,19,20). The van der Waals surface area contributed by atoms with Gasteiger partial charge >= 0.3 is 0 Å². The molecule has 0 saturated heterocycles. The lowest BCUT2D eigenvalue weighted by Crippen LogP contribution is -2.12. The third kappa shape index (κ3) is 2.07. The van der Waals surface area contributed by atoms with E-state index in [9.17, 15) is 9.18 Å². The fourth-order valence-corrected chi connectivity index (χ4v) is 1.97. The number of H-pyrrole nitrogens is 1. The average Bonchev–Trinajstić information content (AvgIpc) is 2.86. The topological polar surface area (TPSA) is 83.8 Å². The molecule has 0 spiro atoms. The van der Waals surface area contributed by atoms with Gasteiger partial charge in [-0.3, -0.25) is 4.79 Å². The quantitative estimate of drug-likeness (QED) is 0.626. The summed E-state index contributed by atoms with van der Waals surface area (Å²) in [6.07, 6.45) is 3.17. The fraction of sp³-hybridized carbons (Fsp3) is 0. The van der Waals surface area contributed by atoms with E-state index in [1.165, 1.54) is 12.1 Å². The van der Waals surface area contributed by atoms with Crippen molar-refractivity contribution >= 4 is 28.3 Å².